The molecule has 2 aromatic rings. The fourth-order valence-corrected chi connectivity index (χ4v) is 3.21. The van der Waals surface area contributed by atoms with Gasteiger partial charge in [0.05, 0.1) is 12.1 Å². The van der Waals surface area contributed by atoms with Gasteiger partial charge in [0, 0.05) is 29.1 Å². The molecule has 4 heteroatoms. The van der Waals surface area contributed by atoms with Crippen molar-refractivity contribution in [2.24, 2.45) is 0 Å². The van der Waals surface area contributed by atoms with Crippen LogP contribution in [0.2, 0.25) is 0 Å². The molecule has 1 aromatic heterocycles. The highest BCUT2D eigenvalue weighted by atomic mass is 32.1. The van der Waals surface area contributed by atoms with Gasteiger partial charge in [0.1, 0.15) is 5.75 Å². The number of rotatable bonds is 7. The van der Waals surface area contributed by atoms with Crippen LogP contribution < -0.4 is 10.1 Å². The van der Waals surface area contributed by atoms with Gasteiger partial charge in [-0.05, 0) is 38.4 Å². The number of methoxy groups -OCH3 is 1. The summed E-state index contributed by atoms with van der Waals surface area (Å²) in [4.78, 5) is 4.59. The third-order valence-electron chi connectivity index (χ3n) is 3.45. The van der Waals surface area contributed by atoms with Gasteiger partial charge >= 0.3 is 0 Å². The van der Waals surface area contributed by atoms with Crippen LogP contribution in [-0.4, -0.2) is 18.6 Å². The van der Waals surface area contributed by atoms with Gasteiger partial charge in [-0.1, -0.05) is 19.1 Å². The minimum atomic E-state index is 0.242. The molecule has 21 heavy (non-hydrogen) atoms. The number of ether oxygens (including phenoxy) is 1. The van der Waals surface area contributed by atoms with E-state index in [2.05, 4.69) is 47.7 Å². The number of aromatic nitrogens is 1. The van der Waals surface area contributed by atoms with E-state index in [9.17, 15) is 0 Å². The smallest absolute Gasteiger partial charge is 0.123 e. The van der Waals surface area contributed by atoms with Crippen molar-refractivity contribution in [2.45, 2.75) is 39.7 Å². The average molecular weight is 304 g/mol. The van der Waals surface area contributed by atoms with Crippen molar-refractivity contribution in [2.75, 3.05) is 13.7 Å². The Morgan fingerprint density at radius 2 is 2.14 bits per heavy atom. The Morgan fingerprint density at radius 1 is 1.33 bits per heavy atom. The summed E-state index contributed by atoms with van der Waals surface area (Å²) in [7, 11) is 1.74. The molecular formula is C17H24N2OS. The minimum Gasteiger partial charge on any atom is -0.496 e. The van der Waals surface area contributed by atoms with Crippen molar-refractivity contribution in [1.29, 1.82) is 0 Å². The van der Waals surface area contributed by atoms with Crippen LogP contribution in [0.15, 0.2) is 23.6 Å². The Bertz CT molecular complexity index is 580. The van der Waals surface area contributed by atoms with Crippen molar-refractivity contribution in [3.63, 3.8) is 0 Å². The summed E-state index contributed by atoms with van der Waals surface area (Å²) in [6.45, 7) is 7.31. The molecule has 1 atom stereocenters. The Morgan fingerprint density at radius 3 is 2.76 bits per heavy atom. The van der Waals surface area contributed by atoms with Crippen molar-refractivity contribution < 1.29 is 4.74 Å². The number of nitrogens with zero attached hydrogens (tertiary/aromatic N) is 1. The first-order chi connectivity index (χ1) is 10.1. The van der Waals surface area contributed by atoms with Crippen LogP contribution in [0.5, 0.6) is 5.75 Å². The Balaban J connectivity index is 2.26. The molecule has 2 rings (SSSR count). The maximum atomic E-state index is 5.57. The third-order valence-corrected chi connectivity index (χ3v) is 4.44. The highest BCUT2D eigenvalue weighted by Crippen LogP contribution is 2.29. The molecule has 0 bridgehead atoms. The molecule has 0 aliphatic carbocycles. The Labute approximate surface area is 131 Å². The van der Waals surface area contributed by atoms with Gasteiger partial charge in [-0.15, -0.1) is 11.3 Å². The number of benzene rings is 1. The van der Waals surface area contributed by atoms with Crippen molar-refractivity contribution in [3.05, 3.63) is 45.4 Å². The molecule has 1 N–H and O–H groups in total. The SMILES string of the molecule is CCCNC(Cc1nc(C)cs1)c1ccc(C)cc1OC. The standard InChI is InChI=1S/C17H24N2OS/c1-5-8-18-15(10-17-19-13(3)11-21-17)14-7-6-12(2)9-16(14)20-4/h6-7,9,11,15,18H,5,8,10H2,1-4H3. The molecule has 1 unspecified atom stereocenters. The summed E-state index contributed by atoms with van der Waals surface area (Å²) in [5, 5.41) is 6.90. The van der Waals surface area contributed by atoms with E-state index in [4.69, 9.17) is 4.74 Å². The second kappa shape index (κ2) is 7.57. The molecule has 3 nitrogen and oxygen atoms in total. The third kappa shape index (κ3) is 4.29. The monoisotopic (exact) mass is 304 g/mol. The number of hydrogen-bond acceptors (Lipinski definition) is 4. The quantitative estimate of drug-likeness (QED) is 0.838. The minimum absolute atomic E-state index is 0.242. The summed E-state index contributed by atoms with van der Waals surface area (Å²) in [6.07, 6.45) is 2.01. The Hall–Kier alpha value is -1.39. The molecule has 0 fully saturated rings. The lowest BCUT2D eigenvalue weighted by atomic mass is 10.0. The average Bonchev–Trinajstić information content (AvgIpc) is 2.88. The second-order valence-electron chi connectivity index (χ2n) is 5.34. The van der Waals surface area contributed by atoms with Crippen LogP contribution in [0, 0.1) is 13.8 Å². The van der Waals surface area contributed by atoms with Gasteiger partial charge in [-0.3, -0.25) is 0 Å². The van der Waals surface area contributed by atoms with E-state index < -0.39 is 0 Å². The predicted molar refractivity (Wildman–Crippen MR) is 89.3 cm³/mol. The van der Waals surface area contributed by atoms with Crippen LogP contribution >= 0.6 is 11.3 Å². The van der Waals surface area contributed by atoms with Crippen LogP contribution in [-0.2, 0) is 6.42 Å². The fraction of sp³-hybridized carbons (Fsp3) is 0.471. The first-order valence-corrected chi connectivity index (χ1v) is 8.31. The van der Waals surface area contributed by atoms with Crippen LogP contribution in [0.4, 0.5) is 0 Å². The molecule has 0 saturated heterocycles. The fourth-order valence-electron chi connectivity index (χ4n) is 2.39. The van der Waals surface area contributed by atoms with Crippen LogP contribution in [0.3, 0.4) is 0 Å². The number of thiazole rings is 1. The van der Waals surface area contributed by atoms with E-state index in [1.165, 1.54) is 16.1 Å². The summed E-state index contributed by atoms with van der Waals surface area (Å²) < 4.78 is 5.57. The number of hydrogen-bond donors (Lipinski definition) is 1. The van der Waals surface area contributed by atoms with Gasteiger partial charge in [0.15, 0.2) is 0 Å². The molecule has 1 aromatic carbocycles. The maximum Gasteiger partial charge on any atom is 0.123 e. The molecule has 0 aliphatic rings. The maximum absolute atomic E-state index is 5.57. The second-order valence-corrected chi connectivity index (χ2v) is 6.28. The van der Waals surface area contributed by atoms with E-state index in [0.29, 0.717) is 0 Å². The Kier molecular flexibility index (Phi) is 5.76. The largest absolute Gasteiger partial charge is 0.496 e. The van der Waals surface area contributed by atoms with Gasteiger partial charge < -0.3 is 10.1 Å². The highest BCUT2D eigenvalue weighted by molar-refractivity contribution is 7.09. The number of nitrogens with one attached hydrogen (secondary N) is 1. The van der Waals surface area contributed by atoms with Crippen LogP contribution in [0.1, 0.15) is 41.2 Å². The molecule has 0 radical (unpaired) electrons. The summed E-state index contributed by atoms with van der Waals surface area (Å²) in [6, 6.07) is 6.66. The van der Waals surface area contributed by atoms with Gasteiger partial charge in [0.25, 0.3) is 0 Å². The predicted octanol–water partition coefficient (Wildman–Crippen LogP) is 4.05. The highest BCUT2D eigenvalue weighted by Gasteiger charge is 2.17. The van der Waals surface area contributed by atoms with Crippen molar-refractivity contribution in [1.82, 2.24) is 10.3 Å². The molecule has 0 amide bonds. The topological polar surface area (TPSA) is 34.2 Å². The summed E-state index contributed by atoms with van der Waals surface area (Å²) in [5.74, 6) is 0.955. The first-order valence-electron chi connectivity index (χ1n) is 7.43. The molecule has 114 valence electrons. The van der Waals surface area contributed by atoms with Crippen molar-refractivity contribution in [3.8, 4) is 5.75 Å². The zero-order chi connectivity index (χ0) is 15.2. The van der Waals surface area contributed by atoms with Gasteiger partial charge in [-0.25, -0.2) is 4.98 Å². The van der Waals surface area contributed by atoms with E-state index in [1.807, 2.05) is 6.92 Å². The molecule has 0 aliphatic heterocycles. The lowest BCUT2D eigenvalue weighted by Gasteiger charge is -2.21. The number of aryl methyl sites for hydroxylation is 2. The molecule has 0 spiro atoms. The summed E-state index contributed by atoms with van der Waals surface area (Å²) in [5.41, 5.74) is 3.53. The lowest BCUT2D eigenvalue weighted by Crippen LogP contribution is -2.24. The molecule has 0 saturated carbocycles. The normalized spacial score (nSPS) is 12.4. The molecule has 1 heterocycles. The zero-order valence-electron chi connectivity index (χ0n) is 13.3. The van der Waals surface area contributed by atoms with E-state index in [0.717, 1.165) is 30.8 Å². The van der Waals surface area contributed by atoms with Crippen molar-refractivity contribution >= 4 is 11.3 Å². The van der Waals surface area contributed by atoms with Gasteiger partial charge in [0.2, 0.25) is 0 Å². The molecular weight excluding hydrogens is 280 g/mol. The zero-order valence-corrected chi connectivity index (χ0v) is 14.1. The van der Waals surface area contributed by atoms with E-state index in [-0.39, 0.29) is 6.04 Å². The lowest BCUT2D eigenvalue weighted by molar-refractivity contribution is 0.397. The van der Waals surface area contributed by atoms with E-state index >= 15 is 0 Å². The summed E-state index contributed by atoms with van der Waals surface area (Å²) >= 11 is 1.73. The first kappa shape index (κ1) is 16.0. The van der Waals surface area contributed by atoms with E-state index in [1.54, 1.807) is 18.4 Å². The van der Waals surface area contributed by atoms with Gasteiger partial charge in [-0.2, -0.15) is 0 Å². The van der Waals surface area contributed by atoms with Crippen LogP contribution in [0.25, 0.3) is 0 Å².